The van der Waals surface area contributed by atoms with Crippen molar-refractivity contribution in [2.24, 2.45) is 16.7 Å². The van der Waals surface area contributed by atoms with Crippen LogP contribution in [0.25, 0.3) is 0 Å². The number of aliphatic hydroxyl groups excluding tert-OH is 1. The van der Waals surface area contributed by atoms with Gasteiger partial charge in [0.15, 0.2) is 17.5 Å². The Morgan fingerprint density at radius 1 is 0.809 bits per heavy atom. The van der Waals surface area contributed by atoms with E-state index in [1.54, 1.807) is 101 Å². The van der Waals surface area contributed by atoms with Crippen LogP contribution in [0.3, 0.4) is 0 Å². The van der Waals surface area contributed by atoms with E-state index in [4.69, 9.17) is 28.4 Å². The fourth-order valence-electron chi connectivity index (χ4n) is 10.6. The molecule has 0 aromatic heterocycles. The van der Waals surface area contributed by atoms with E-state index in [0.29, 0.717) is 5.56 Å². The van der Waals surface area contributed by atoms with Crippen LogP contribution in [-0.2, 0) is 52.4 Å². The lowest BCUT2D eigenvalue weighted by atomic mass is 9.44. The van der Waals surface area contributed by atoms with Crippen LogP contribution in [0.2, 0.25) is 0 Å². The summed E-state index contributed by atoms with van der Waals surface area (Å²) in [7, 11) is 0. The maximum Gasteiger partial charge on any atom is 0.350 e. The summed E-state index contributed by atoms with van der Waals surface area (Å²) in [5.41, 5.74) is -7.16. The molecule has 3 N–H and O–H groups in total. The molecule has 16 heteroatoms. The summed E-state index contributed by atoms with van der Waals surface area (Å²) < 4.78 is 36.8. The van der Waals surface area contributed by atoms with Crippen molar-refractivity contribution >= 4 is 41.5 Å². The third-order valence-corrected chi connectivity index (χ3v) is 14.5. The van der Waals surface area contributed by atoms with Gasteiger partial charge in [0, 0.05) is 37.7 Å². The number of ketones is 1. The minimum atomic E-state index is -2.45. The zero-order valence-electron chi connectivity index (χ0n) is 39.2. The van der Waals surface area contributed by atoms with Gasteiger partial charge in [-0.05, 0) is 68.7 Å². The lowest BCUT2D eigenvalue weighted by Gasteiger charge is -2.67. The van der Waals surface area contributed by atoms with E-state index >= 15 is 9.59 Å². The second-order valence-corrected chi connectivity index (χ2v) is 18.7. The van der Waals surface area contributed by atoms with Gasteiger partial charge in [-0.15, -0.1) is 0 Å². The predicted octanol–water partition coefficient (Wildman–Crippen LogP) is 5.25. The number of esters is 5. The minimum Gasteiger partial charge on any atom is -0.455 e. The largest absolute Gasteiger partial charge is 0.455 e. The Morgan fingerprint density at radius 2 is 1.38 bits per heavy atom. The van der Waals surface area contributed by atoms with Crippen LogP contribution >= 0.6 is 0 Å². The average Bonchev–Trinajstić information content (AvgIpc) is 3.31. The molecule has 7 rings (SSSR count). The molecular formula is C52H57NO15. The highest BCUT2D eigenvalue weighted by Crippen LogP contribution is 2.64. The maximum absolute atomic E-state index is 15.7. The normalized spacial score (nSPS) is 30.3. The number of hydrogen-bond donors (Lipinski definition) is 3. The molecule has 16 nitrogen and oxygen atoms in total. The highest BCUT2D eigenvalue weighted by Gasteiger charge is 2.78. The molecule has 2 bridgehead atoms. The van der Waals surface area contributed by atoms with E-state index in [1.165, 1.54) is 38.1 Å². The number of ether oxygens (including phenoxy) is 6. The summed E-state index contributed by atoms with van der Waals surface area (Å²) in [6.45, 7) is 11.1. The van der Waals surface area contributed by atoms with Gasteiger partial charge in [0.2, 0.25) is 12.0 Å². The summed E-state index contributed by atoms with van der Waals surface area (Å²) in [5, 5.41) is 28.9. The van der Waals surface area contributed by atoms with Gasteiger partial charge in [0.25, 0.3) is 0 Å². The van der Waals surface area contributed by atoms with Crippen LogP contribution in [0.15, 0.2) is 114 Å². The summed E-state index contributed by atoms with van der Waals surface area (Å²) in [5.74, 6) is -7.85. The lowest BCUT2D eigenvalue weighted by Crippen LogP contribution is -2.82. The number of aliphatic hydroxyl groups is 2. The first-order chi connectivity index (χ1) is 32.1. The number of hydrogen-bond acceptors (Lipinski definition) is 15. The van der Waals surface area contributed by atoms with Crippen molar-refractivity contribution in [1.29, 1.82) is 0 Å². The van der Waals surface area contributed by atoms with Gasteiger partial charge in [-0.2, -0.15) is 0 Å². The molecule has 11 atom stereocenters. The highest BCUT2D eigenvalue weighted by molar-refractivity contribution is 5.96. The van der Waals surface area contributed by atoms with Crippen molar-refractivity contribution in [2.75, 3.05) is 6.61 Å². The average molecular weight is 936 g/mol. The van der Waals surface area contributed by atoms with Gasteiger partial charge in [-0.25, -0.2) is 14.4 Å². The fourth-order valence-corrected chi connectivity index (χ4v) is 10.6. The van der Waals surface area contributed by atoms with E-state index in [1.807, 2.05) is 0 Å². The summed E-state index contributed by atoms with van der Waals surface area (Å²) in [4.78, 5) is 99.0. The number of carbonyl (C=O) groups is 7. The van der Waals surface area contributed by atoms with E-state index in [9.17, 15) is 34.2 Å². The number of benzene rings is 3. The van der Waals surface area contributed by atoms with Gasteiger partial charge in [-0.3, -0.25) is 19.2 Å². The Labute approximate surface area is 394 Å². The van der Waals surface area contributed by atoms with Crippen molar-refractivity contribution in [1.82, 2.24) is 5.32 Å². The monoisotopic (exact) mass is 935 g/mol. The molecule has 1 heterocycles. The number of amides is 1. The molecule has 0 radical (unpaired) electrons. The topological polar surface area (TPSA) is 227 Å². The van der Waals surface area contributed by atoms with Crippen LogP contribution in [0.1, 0.15) is 101 Å². The van der Waals surface area contributed by atoms with Gasteiger partial charge < -0.3 is 44.0 Å². The van der Waals surface area contributed by atoms with E-state index in [2.05, 4.69) is 5.32 Å². The molecule has 1 amide bonds. The molecule has 68 heavy (non-hydrogen) atoms. The van der Waals surface area contributed by atoms with Gasteiger partial charge >= 0.3 is 29.8 Å². The fraction of sp³-hybridized carbons (Fsp3) is 0.442. The second-order valence-electron chi connectivity index (χ2n) is 18.7. The minimum absolute atomic E-state index is 0.0279. The quantitative estimate of drug-likeness (QED) is 0.0912. The van der Waals surface area contributed by atoms with Crippen molar-refractivity contribution < 1.29 is 72.2 Å². The highest BCUT2D eigenvalue weighted by atomic mass is 16.6. The van der Waals surface area contributed by atoms with E-state index < -0.39 is 119 Å². The molecule has 1 aliphatic heterocycles. The predicted molar refractivity (Wildman–Crippen MR) is 241 cm³/mol. The van der Waals surface area contributed by atoms with Crippen LogP contribution < -0.4 is 5.32 Å². The molecule has 1 saturated heterocycles. The second kappa shape index (κ2) is 18.9. The first-order valence-electron chi connectivity index (χ1n) is 22.5. The number of Topliss-reactive ketones (excluding diaryl/α,β-unsaturated/α-hetero) is 1. The van der Waals surface area contributed by atoms with Crippen molar-refractivity contribution in [2.45, 2.75) is 122 Å². The zero-order valence-corrected chi connectivity index (χ0v) is 39.2. The summed E-state index contributed by atoms with van der Waals surface area (Å²) in [6.07, 6.45) is -9.08. The Morgan fingerprint density at radius 3 is 1.91 bits per heavy atom. The van der Waals surface area contributed by atoms with E-state index in [0.717, 1.165) is 13.8 Å². The first-order valence-corrected chi connectivity index (χ1v) is 22.5. The maximum atomic E-state index is 15.7. The summed E-state index contributed by atoms with van der Waals surface area (Å²) >= 11 is 0. The van der Waals surface area contributed by atoms with Gasteiger partial charge in [-0.1, -0.05) is 86.7 Å². The third-order valence-electron chi connectivity index (χ3n) is 14.5. The van der Waals surface area contributed by atoms with E-state index in [-0.39, 0.29) is 40.9 Å². The molecule has 360 valence electrons. The van der Waals surface area contributed by atoms with Crippen LogP contribution in [0, 0.1) is 16.7 Å². The molecule has 0 spiro atoms. The van der Waals surface area contributed by atoms with Crippen molar-refractivity contribution in [3.63, 3.8) is 0 Å². The Hall–Kier alpha value is -6.49. The number of nitrogens with one attached hydrogen (secondary N) is 1. The summed E-state index contributed by atoms with van der Waals surface area (Å²) in [6, 6.07) is 22.6. The zero-order chi connectivity index (χ0) is 49.5. The molecule has 2 saturated carbocycles. The Bertz CT molecular complexity index is 2540. The third kappa shape index (κ3) is 8.53. The standard InChI is InChI=1S/C52H57NO15/c1-9-28(2)45(58)53-39(32-19-13-10-14-20-32)41(66-46(59)33-21-15-11-16-22-33)48(61)65-35-26-52(62)44(67-47(60)34-23-17-12-18-24-34)42-50(8,36(56)25-37-51(42,27-63-37)68-31(5)55)43(57)40(64-30(4)54)38(29(35)3)49(52,6)7/h9-24,35-37,39-42,44,56,62H,25-27H2,1-8H3,(H,53,58)/b28-9+/t35-,36-,37+,39-,40+,41+,42?,44-,50+,51+,52+/m0/s1. The molecule has 3 aromatic carbocycles. The number of rotatable bonds is 12. The Balaban J connectivity index is 1.44. The molecule has 3 aliphatic carbocycles. The van der Waals surface area contributed by atoms with Crippen LogP contribution in [0.4, 0.5) is 0 Å². The van der Waals surface area contributed by atoms with Crippen molar-refractivity contribution in [3.8, 4) is 0 Å². The van der Waals surface area contributed by atoms with Gasteiger partial charge in [0.1, 0.15) is 30.0 Å². The molecule has 4 aliphatic rings. The molecule has 1 unspecified atom stereocenters. The number of carbonyl (C=O) groups excluding carboxylic acids is 7. The lowest BCUT2D eigenvalue weighted by molar-refractivity contribution is -0.346. The molecule has 3 fully saturated rings. The smallest absolute Gasteiger partial charge is 0.350 e. The Kier molecular flexibility index (Phi) is 13.7. The number of allylic oxidation sites excluding steroid dienone is 1. The van der Waals surface area contributed by atoms with Crippen LogP contribution in [0.5, 0.6) is 0 Å². The SMILES string of the molecule is C/C=C(\C)C(=O)N[C@@H](c1ccccc1)[C@@H](OC(=O)c1ccccc1)C(=O)O[C@H]1C[C@@]2(O)[C@@H](OC(=O)c3ccccc3)C3[C@@]4(OC(C)=O)CO[C@@H]4C[C@H](O)[C@@]3(C)C(=O)[C@H](OC(C)=O)C(=C1C)C2(C)C. The number of fused-ring (bicyclic) bond motifs is 5. The van der Waals surface area contributed by atoms with Crippen molar-refractivity contribution in [3.05, 3.63) is 130 Å². The molecular weight excluding hydrogens is 879 g/mol. The van der Waals surface area contributed by atoms with Gasteiger partial charge in [0.05, 0.1) is 35.2 Å². The first kappa shape index (κ1) is 49.4. The molecule has 3 aromatic rings. The van der Waals surface area contributed by atoms with Crippen LogP contribution in [-0.4, -0.2) is 106 Å².